The molecule has 7 nitrogen and oxygen atoms in total. The summed E-state index contributed by atoms with van der Waals surface area (Å²) in [5, 5.41) is 21.5. The number of benzene rings is 2. The summed E-state index contributed by atoms with van der Waals surface area (Å²) in [4.78, 5) is 29.6. The van der Waals surface area contributed by atoms with E-state index in [0.29, 0.717) is 11.4 Å². The number of H-pyrrole nitrogens is 1. The maximum atomic E-state index is 11.8. The highest BCUT2D eigenvalue weighted by atomic mass is 16.4. The average Bonchev–Trinajstić information content (AvgIpc) is 2.55. The second kappa shape index (κ2) is 6.25. The Hall–Kier alpha value is -3.61. The van der Waals surface area contributed by atoms with Crippen LogP contribution in [0.15, 0.2) is 59.4 Å². The van der Waals surface area contributed by atoms with E-state index in [0.717, 1.165) is 5.56 Å². The summed E-state index contributed by atoms with van der Waals surface area (Å²) in [7, 11) is 0. The third-order valence-electron chi connectivity index (χ3n) is 3.30. The molecular formula is C17H13N3O4. The minimum absolute atomic E-state index is 0.184. The van der Waals surface area contributed by atoms with Crippen LogP contribution in [0.2, 0.25) is 0 Å². The molecule has 0 atom stereocenters. The van der Waals surface area contributed by atoms with E-state index in [1.165, 1.54) is 24.3 Å². The first-order valence-corrected chi connectivity index (χ1v) is 7.03. The highest BCUT2D eigenvalue weighted by molar-refractivity contribution is 5.91. The van der Waals surface area contributed by atoms with E-state index in [1.807, 2.05) is 30.3 Å². The quantitative estimate of drug-likeness (QED) is 0.586. The number of carboxylic acid groups (broad SMARTS) is 1. The van der Waals surface area contributed by atoms with E-state index in [9.17, 15) is 14.7 Å². The molecule has 0 saturated heterocycles. The second-order valence-electron chi connectivity index (χ2n) is 5.01. The molecule has 0 radical (unpaired) electrons. The van der Waals surface area contributed by atoms with Crippen LogP contribution in [-0.4, -0.2) is 26.2 Å². The van der Waals surface area contributed by atoms with Gasteiger partial charge in [0.25, 0.3) is 5.56 Å². The smallest absolute Gasteiger partial charge is 0.339 e. The molecule has 3 aromatic rings. The van der Waals surface area contributed by atoms with E-state index in [2.05, 4.69) is 15.3 Å². The number of carbonyl (C=O) groups is 1. The lowest BCUT2D eigenvalue weighted by molar-refractivity contribution is 0.0694. The van der Waals surface area contributed by atoms with Crippen LogP contribution in [0.5, 0.6) is 5.75 Å². The Morgan fingerprint density at radius 2 is 1.83 bits per heavy atom. The van der Waals surface area contributed by atoms with Crippen molar-refractivity contribution in [3.05, 3.63) is 70.5 Å². The lowest BCUT2D eigenvalue weighted by Gasteiger charge is -2.08. The summed E-state index contributed by atoms with van der Waals surface area (Å²) >= 11 is 0. The number of nitrogens with one attached hydrogen (secondary N) is 2. The van der Waals surface area contributed by atoms with E-state index < -0.39 is 5.97 Å². The zero-order chi connectivity index (χ0) is 17.1. The van der Waals surface area contributed by atoms with Crippen molar-refractivity contribution < 1.29 is 15.0 Å². The number of rotatable bonds is 4. The van der Waals surface area contributed by atoms with Gasteiger partial charge in [-0.15, -0.1) is 0 Å². The monoisotopic (exact) mass is 323 g/mol. The summed E-state index contributed by atoms with van der Waals surface area (Å²) in [6.45, 7) is 0. The lowest BCUT2D eigenvalue weighted by Crippen LogP contribution is -2.10. The number of aromatic carboxylic acids is 1. The van der Waals surface area contributed by atoms with Crippen LogP contribution in [0.1, 0.15) is 10.4 Å². The molecule has 2 aromatic carbocycles. The average molecular weight is 323 g/mol. The minimum atomic E-state index is -1.23. The number of carboxylic acids is 1. The first-order chi connectivity index (χ1) is 11.5. The SMILES string of the molecule is O=C(O)c1ccc(Nc2nc(-c3ccccc3)cc(=O)[nH]2)cc1O. The zero-order valence-corrected chi connectivity index (χ0v) is 12.4. The molecule has 24 heavy (non-hydrogen) atoms. The highest BCUT2D eigenvalue weighted by Gasteiger charge is 2.10. The third-order valence-corrected chi connectivity index (χ3v) is 3.30. The number of hydrogen-bond acceptors (Lipinski definition) is 5. The van der Waals surface area contributed by atoms with Crippen LogP contribution in [0, 0.1) is 0 Å². The normalized spacial score (nSPS) is 10.3. The second-order valence-corrected chi connectivity index (χ2v) is 5.01. The molecule has 0 bridgehead atoms. The maximum Gasteiger partial charge on any atom is 0.339 e. The van der Waals surface area contributed by atoms with Gasteiger partial charge in [0.05, 0.1) is 5.69 Å². The van der Waals surface area contributed by atoms with Gasteiger partial charge in [-0.2, -0.15) is 0 Å². The van der Waals surface area contributed by atoms with Crippen molar-refractivity contribution in [1.29, 1.82) is 0 Å². The first kappa shape index (κ1) is 15.3. The molecule has 0 unspecified atom stereocenters. The van der Waals surface area contributed by atoms with Crippen molar-refractivity contribution >= 4 is 17.6 Å². The summed E-state index contributed by atoms with van der Waals surface area (Å²) < 4.78 is 0. The Kier molecular flexibility index (Phi) is 3.98. The third kappa shape index (κ3) is 3.25. The summed E-state index contributed by atoms with van der Waals surface area (Å²) in [6, 6.07) is 14.6. The van der Waals surface area contributed by atoms with Crippen molar-refractivity contribution in [1.82, 2.24) is 9.97 Å². The molecule has 0 spiro atoms. The first-order valence-electron chi connectivity index (χ1n) is 7.03. The molecule has 7 heteroatoms. The molecule has 0 aliphatic heterocycles. The standard InChI is InChI=1S/C17H13N3O4/c21-14-8-11(6-7-12(14)16(23)24)18-17-19-13(9-15(22)20-17)10-4-2-1-3-5-10/h1-9,21H,(H,23,24)(H2,18,19,20,22). The molecule has 0 aliphatic rings. The fourth-order valence-corrected chi connectivity index (χ4v) is 2.20. The largest absolute Gasteiger partial charge is 0.507 e. The van der Waals surface area contributed by atoms with E-state index in [-0.39, 0.29) is 22.8 Å². The van der Waals surface area contributed by atoms with E-state index >= 15 is 0 Å². The molecule has 3 rings (SSSR count). The van der Waals surface area contributed by atoms with Crippen molar-refractivity contribution in [2.45, 2.75) is 0 Å². The van der Waals surface area contributed by atoms with Gasteiger partial charge in [0, 0.05) is 23.4 Å². The maximum absolute atomic E-state index is 11.8. The van der Waals surface area contributed by atoms with Gasteiger partial charge in [0.2, 0.25) is 5.95 Å². The molecular weight excluding hydrogens is 310 g/mol. The minimum Gasteiger partial charge on any atom is -0.507 e. The van der Waals surface area contributed by atoms with Gasteiger partial charge in [0.1, 0.15) is 11.3 Å². The Morgan fingerprint density at radius 3 is 2.50 bits per heavy atom. The van der Waals surface area contributed by atoms with Crippen LogP contribution in [0.4, 0.5) is 11.6 Å². The van der Waals surface area contributed by atoms with Crippen LogP contribution in [0.3, 0.4) is 0 Å². The van der Waals surface area contributed by atoms with Crippen molar-refractivity contribution in [3.8, 4) is 17.0 Å². The lowest BCUT2D eigenvalue weighted by atomic mass is 10.1. The molecule has 1 aromatic heterocycles. The summed E-state index contributed by atoms with van der Waals surface area (Å²) in [5.74, 6) is -1.42. The van der Waals surface area contributed by atoms with Crippen LogP contribution in [-0.2, 0) is 0 Å². The van der Waals surface area contributed by atoms with E-state index in [1.54, 1.807) is 0 Å². The Labute approximate surface area is 136 Å². The van der Waals surface area contributed by atoms with Crippen LogP contribution in [0.25, 0.3) is 11.3 Å². The van der Waals surface area contributed by atoms with Gasteiger partial charge in [-0.05, 0) is 12.1 Å². The fourth-order valence-electron chi connectivity index (χ4n) is 2.20. The Bertz CT molecular complexity index is 952. The number of aromatic hydroxyl groups is 1. The van der Waals surface area contributed by atoms with Gasteiger partial charge in [-0.1, -0.05) is 30.3 Å². The van der Waals surface area contributed by atoms with E-state index in [4.69, 9.17) is 5.11 Å². The molecule has 0 fully saturated rings. The van der Waals surface area contributed by atoms with Gasteiger partial charge >= 0.3 is 5.97 Å². The number of nitrogens with zero attached hydrogens (tertiary/aromatic N) is 1. The van der Waals surface area contributed by atoms with Crippen molar-refractivity contribution in [2.75, 3.05) is 5.32 Å². The van der Waals surface area contributed by atoms with Gasteiger partial charge < -0.3 is 15.5 Å². The molecule has 0 aliphatic carbocycles. The van der Waals surface area contributed by atoms with Crippen LogP contribution < -0.4 is 10.9 Å². The topological polar surface area (TPSA) is 115 Å². The number of aromatic nitrogens is 2. The predicted molar refractivity (Wildman–Crippen MR) is 88.6 cm³/mol. The number of aromatic amines is 1. The molecule has 4 N–H and O–H groups in total. The molecule has 1 heterocycles. The molecule has 0 saturated carbocycles. The Balaban J connectivity index is 1.94. The number of hydrogen-bond donors (Lipinski definition) is 4. The predicted octanol–water partition coefficient (Wildman–Crippen LogP) is 2.58. The highest BCUT2D eigenvalue weighted by Crippen LogP contribution is 2.24. The molecule has 0 amide bonds. The Morgan fingerprint density at radius 1 is 1.08 bits per heavy atom. The molecule has 120 valence electrons. The van der Waals surface area contributed by atoms with Gasteiger partial charge in [-0.25, -0.2) is 9.78 Å². The summed E-state index contributed by atoms with van der Waals surface area (Å²) in [5.41, 5.74) is 1.13. The summed E-state index contributed by atoms with van der Waals surface area (Å²) in [6.07, 6.45) is 0. The van der Waals surface area contributed by atoms with Crippen molar-refractivity contribution in [3.63, 3.8) is 0 Å². The van der Waals surface area contributed by atoms with Gasteiger partial charge in [0.15, 0.2) is 0 Å². The number of phenols is 1. The van der Waals surface area contributed by atoms with Crippen LogP contribution >= 0.6 is 0 Å². The van der Waals surface area contributed by atoms with Crippen molar-refractivity contribution in [2.24, 2.45) is 0 Å². The van der Waals surface area contributed by atoms with Gasteiger partial charge in [-0.3, -0.25) is 9.78 Å². The fraction of sp³-hybridized carbons (Fsp3) is 0. The zero-order valence-electron chi connectivity index (χ0n) is 12.4. The number of anilines is 2.